The molecule has 1 heterocycles. The van der Waals surface area contributed by atoms with Gasteiger partial charge < -0.3 is 15.0 Å². The van der Waals surface area contributed by atoms with Crippen LogP contribution in [0, 0.1) is 20.8 Å². The van der Waals surface area contributed by atoms with Crippen molar-refractivity contribution >= 4 is 17.6 Å². The fourth-order valence-electron chi connectivity index (χ4n) is 2.70. The molecule has 0 bridgehead atoms. The van der Waals surface area contributed by atoms with Crippen LogP contribution in [-0.2, 0) is 9.53 Å². The van der Waals surface area contributed by atoms with Gasteiger partial charge in [0.25, 0.3) is 5.91 Å². The molecule has 0 saturated carbocycles. The van der Waals surface area contributed by atoms with Crippen molar-refractivity contribution in [3.05, 3.63) is 71.0 Å². The van der Waals surface area contributed by atoms with Crippen molar-refractivity contribution in [1.29, 1.82) is 0 Å². The Balaban J connectivity index is 1.62. The zero-order valence-corrected chi connectivity index (χ0v) is 16.4. The highest BCUT2D eigenvalue weighted by molar-refractivity contribution is 5.97. The molecule has 0 spiro atoms. The fraction of sp³-hybridized carbons (Fsp3) is 0.227. The highest BCUT2D eigenvalue weighted by Crippen LogP contribution is 2.19. The number of carbonyl (C=O) groups excluding carboxylic acids is 2. The van der Waals surface area contributed by atoms with Gasteiger partial charge in [-0.05, 0) is 57.5 Å². The number of rotatable bonds is 5. The SMILES string of the molecule is Cc1cccc(NC(=O)C(C)OC(=O)c2ccc(-c3nc(C)c(C)[nH]3)cc2)c1. The Labute approximate surface area is 164 Å². The number of hydrogen-bond donors (Lipinski definition) is 2. The number of aryl methyl sites for hydroxylation is 3. The molecule has 144 valence electrons. The maximum atomic E-state index is 12.3. The van der Waals surface area contributed by atoms with Crippen LogP contribution in [0.25, 0.3) is 11.4 Å². The number of carbonyl (C=O) groups is 2. The van der Waals surface area contributed by atoms with E-state index in [0.29, 0.717) is 11.3 Å². The molecular weight excluding hydrogens is 354 g/mol. The molecule has 1 unspecified atom stereocenters. The molecule has 2 aromatic carbocycles. The molecule has 0 aliphatic carbocycles. The molecule has 2 N–H and O–H groups in total. The monoisotopic (exact) mass is 377 g/mol. The predicted octanol–water partition coefficient (Wildman–Crippen LogP) is 4.19. The van der Waals surface area contributed by atoms with E-state index < -0.39 is 12.1 Å². The van der Waals surface area contributed by atoms with E-state index in [4.69, 9.17) is 4.74 Å². The van der Waals surface area contributed by atoms with E-state index in [1.54, 1.807) is 37.3 Å². The van der Waals surface area contributed by atoms with Crippen LogP contribution in [0.15, 0.2) is 48.5 Å². The van der Waals surface area contributed by atoms with Gasteiger partial charge in [-0.3, -0.25) is 4.79 Å². The lowest BCUT2D eigenvalue weighted by Gasteiger charge is -2.14. The molecular formula is C22H23N3O3. The average Bonchev–Trinajstić information content (AvgIpc) is 3.00. The Morgan fingerprint density at radius 3 is 2.39 bits per heavy atom. The molecule has 0 aliphatic heterocycles. The van der Waals surface area contributed by atoms with Gasteiger partial charge in [0.15, 0.2) is 6.10 Å². The second-order valence-corrected chi connectivity index (χ2v) is 6.78. The maximum Gasteiger partial charge on any atom is 0.338 e. The molecule has 6 heteroatoms. The van der Waals surface area contributed by atoms with Gasteiger partial charge in [-0.25, -0.2) is 9.78 Å². The van der Waals surface area contributed by atoms with Crippen LogP contribution in [0.1, 0.15) is 34.2 Å². The molecule has 0 radical (unpaired) electrons. The van der Waals surface area contributed by atoms with E-state index in [1.165, 1.54) is 0 Å². The van der Waals surface area contributed by atoms with Gasteiger partial charge in [0.1, 0.15) is 5.82 Å². The average molecular weight is 377 g/mol. The highest BCUT2D eigenvalue weighted by Gasteiger charge is 2.19. The largest absolute Gasteiger partial charge is 0.449 e. The van der Waals surface area contributed by atoms with E-state index in [0.717, 1.165) is 28.3 Å². The normalized spacial score (nSPS) is 11.7. The molecule has 1 aromatic heterocycles. The summed E-state index contributed by atoms with van der Waals surface area (Å²) in [7, 11) is 0. The van der Waals surface area contributed by atoms with Crippen molar-refractivity contribution < 1.29 is 14.3 Å². The number of anilines is 1. The molecule has 3 aromatic rings. The number of benzene rings is 2. The third-order valence-corrected chi connectivity index (χ3v) is 4.46. The summed E-state index contributed by atoms with van der Waals surface area (Å²) in [6.07, 6.45) is -0.914. The lowest BCUT2D eigenvalue weighted by Crippen LogP contribution is -2.30. The Bertz CT molecular complexity index is 987. The van der Waals surface area contributed by atoms with Crippen LogP contribution in [-0.4, -0.2) is 27.9 Å². The number of hydrogen-bond acceptors (Lipinski definition) is 4. The van der Waals surface area contributed by atoms with E-state index in [2.05, 4.69) is 15.3 Å². The minimum Gasteiger partial charge on any atom is -0.449 e. The summed E-state index contributed by atoms with van der Waals surface area (Å²) < 4.78 is 5.30. The van der Waals surface area contributed by atoms with Crippen molar-refractivity contribution in [2.75, 3.05) is 5.32 Å². The van der Waals surface area contributed by atoms with Crippen molar-refractivity contribution in [3.63, 3.8) is 0 Å². The van der Waals surface area contributed by atoms with Crippen molar-refractivity contribution in [1.82, 2.24) is 9.97 Å². The number of aromatic nitrogens is 2. The standard InChI is InChI=1S/C22H23N3O3/c1-13-6-5-7-19(12-13)25-21(26)16(4)28-22(27)18-10-8-17(9-11-18)20-23-14(2)15(3)24-20/h5-12,16H,1-4H3,(H,23,24)(H,25,26). The summed E-state index contributed by atoms with van der Waals surface area (Å²) in [5, 5.41) is 2.75. The molecule has 0 saturated heterocycles. The number of esters is 1. The van der Waals surface area contributed by atoms with E-state index >= 15 is 0 Å². The minimum atomic E-state index is -0.914. The predicted molar refractivity (Wildman–Crippen MR) is 108 cm³/mol. The molecule has 3 rings (SSSR count). The molecule has 28 heavy (non-hydrogen) atoms. The zero-order chi connectivity index (χ0) is 20.3. The van der Waals surface area contributed by atoms with Gasteiger partial charge in [-0.2, -0.15) is 0 Å². The van der Waals surface area contributed by atoms with Crippen LogP contribution >= 0.6 is 0 Å². The summed E-state index contributed by atoms with van der Waals surface area (Å²) >= 11 is 0. The van der Waals surface area contributed by atoms with Crippen LogP contribution in [0.5, 0.6) is 0 Å². The molecule has 0 fully saturated rings. The van der Waals surface area contributed by atoms with Crippen LogP contribution in [0.3, 0.4) is 0 Å². The van der Waals surface area contributed by atoms with Gasteiger partial charge >= 0.3 is 5.97 Å². The first-order chi connectivity index (χ1) is 13.3. The quantitative estimate of drug-likeness (QED) is 0.653. The van der Waals surface area contributed by atoms with Gasteiger partial charge in [-0.1, -0.05) is 24.3 Å². The lowest BCUT2D eigenvalue weighted by atomic mass is 10.1. The summed E-state index contributed by atoms with van der Waals surface area (Å²) in [5.74, 6) is -0.178. The van der Waals surface area contributed by atoms with Gasteiger partial charge in [0.2, 0.25) is 0 Å². The number of amides is 1. The number of nitrogens with zero attached hydrogens (tertiary/aromatic N) is 1. The first-order valence-electron chi connectivity index (χ1n) is 9.05. The molecule has 0 aliphatic rings. The summed E-state index contributed by atoms with van der Waals surface area (Å²) in [6.45, 7) is 7.38. The first-order valence-corrected chi connectivity index (χ1v) is 9.05. The van der Waals surface area contributed by atoms with Crippen LogP contribution < -0.4 is 5.32 Å². The number of imidazole rings is 1. The highest BCUT2D eigenvalue weighted by atomic mass is 16.5. The third-order valence-electron chi connectivity index (χ3n) is 4.46. The van der Waals surface area contributed by atoms with Crippen molar-refractivity contribution in [3.8, 4) is 11.4 Å². The Kier molecular flexibility index (Phi) is 5.59. The Morgan fingerprint density at radius 2 is 1.79 bits per heavy atom. The first kappa shape index (κ1) is 19.4. The van der Waals surface area contributed by atoms with Crippen molar-refractivity contribution in [2.24, 2.45) is 0 Å². The topological polar surface area (TPSA) is 84.1 Å². The number of nitrogens with one attached hydrogen (secondary N) is 2. The molecule has 1 amide bonds. The summed E-state index contributed by atoms with van der Waals surface area (Å²) in [4.78, 5) is 32.3. The van der Waals surface area contributed by atoms with E-state index in [1.807, 2.05) is 39.0 Å². The van der Waals surface area contributed by atoms with Crippen molar-refractivity contribution in [2.45, 2.75) is 33.8 Å². The second kappa shape index (κ2) is 8.08. The number of aromatic amines is 1. The lowest BCUT2D eigenvalue weighted by molar-refractivity contribution is -0.123. The van der Waals surface area contributed by atoms with E-state index in [9.17, 15) is 9.59 Å². The number of H-pyrrole nitrogens is 1. The molecule has 6 nitrogen and oxygen atoms in total. The summed E-state index contributed by atoms with van der Waals surface area (Å²) in [6, 6.07) is 14.3. The zero-order valence-electron chi connectivity index (χ0n) is 16.4. The second-order valence-electron chi connectivity index (χ2n) is 6.78. The van der Waals surface area contributed by atoms with Gasteiger partial charge in [0, 0.05) is 16.9 Å². The summed E-state index contributed by atoms with van der Waals surface area (Å²) in [5.41, 5.74) is 4.89. The molecule has 1 atom stereocenters. The van der Waals surface area contributed by atoms with Crippen LogP contribution in [0.2, 0.25) is 0 Å². The smallest absolute Gasteiger partial charge is 0.338 e. The van der Waals surface area contributed by atoms with Gasteiger partial charge in [-0.15, -0.1) is 0 Å². The van der Waals surface area contributed by atoms with E-state index in [-0.39, 0.29) is 5.91 Å². The maximum absolute atomic E-state index is 12.3. The van der Waals surface area contributed by atoms with Gasteiger partial charge in [0.05, 0.1) is 11.3 Å². The Morgan fingerprint density at radius 1 is 1.07 bits per heavy atom. The third kappa shape index (κ3) is 4.46. The Hall–Kier alpha value is -3.41. The number of ether oxygens (including phenoxy) is 1. The minimum absolute atomic E-state index is 0.374. The van der Waals surface area contributed by atoms with Crippen LogP contribution in [0.4, 0.5) is 5.69 Å². The fourth-order valence-corrected chi connectivity index (χ4v) is 2.70.